The standard InChI is InChI=1S/C17H29N5O2S/c1-3-18-17(20-13-15(23)19-8-11-24-2)21-14-6-9-22(10-7-14)16-5-4-12-25-16/h4-5,12,14H,3,6-11,13H2,1-2H3,(H,19,23)(H2,18,20,21). The Labute approximate surface area is 153 Å². The van der Waals surface area contributed by atoms with Crippen molar-refractivity contribution < 1.29 is 9.53 Å². The van der Waals surface area contributed by atoms with Gasteiger partial charge in [0.25, 0.3) is 0 Å². The third kappa shape index (κ3) is 6.91. The predicted octanol–water partition coefficient (Wildman–Crippen LogP) is 1.03. The second kappa shape index (κ2) is 10.9. The first-order valence-corrected chi connectivity index (χ1v) is 9.69. The molecule has 2 rings (SSSR count). The van der Waals surface area contributed by atoms with Crippen LogP contribution in [0.1, 0.15) is 19.8 Å². The number of thiophene rings is 1. The highest BCUT2D eigenvalue weighted by molar-refractivity contribution is 7.14. The number of hydrogen-bond acceptors (Lipinski definition) is 5. The molecule has 3 N–H and O–H groups in total. The maximum Gasteiger partial charge on any atom is 0.241 e. The number of carbonyl (C=O) groups is 1. The van der Waals surface area contributed by atoms with Gasteiger partial charge in [-0.25, -0.2) is 4.99 Å². The van der Waals surface area contributed by atoms with Crippen molar-refractivity contribution in [1.82, 2.24) is 16.0 Å². The van der Waals surface area contributed by atoms with Crippen LogP contribution in [0.2, 0.25) is 0 Å². The van der Waals surface area contributed by atoms with E-state index in [4.69, 9.17) is 4.74 Å². The molecule has 1 aliphatic rings. The lowest BCUT2D eigenvalue weighted by Gasteiger charge is -2.33. The number of nitrogens with zero attached hydrogens (tertiary/aromatic N) is 2. The van der Waals surface area contributed by atoms with Crippen LogP contribution in [0.4, 0.5) is 5.00 Å². The van der Waals surface area contributed by atoms with Crippen LogP contribution in [-0.4, -0.2) is 64.3 Å². The first kappa shape index (κ1) is 19.5. The second-order valence-corrected chi connectivity index (χ2v) is 6.82. The van der Waals surface area contributed by atoms with Gasteiger partial charge in [0, 0.05) is 39.3 Å². The molecule has 0 aliphatic carbocycles. The van der Waals surface area contributed by atoms with E-state index in [1.54, 1.807) is 18.4 Å². The summed E-state index contributed by atoms with van der Waals surface area (Å²) in [6.45, 7) is 6.00. The zero-order valence-electron chi connectivity index (χ0n) is 15.1. The van der Waals surface area contributed by atoms with Crippen LogP contribution in [0.25, 0.3) is 0 Å². The van der Waals surface area contributed by atoms with Crippen molar-refractivity contribution in [1.29, 1.82) is 0 Å². The fourth-order valence-corrected chi connectivity index (χ4v) is 3.49. The molecule has 7 nitrogen and oxygen atoms in total. The third-order valence-electron chi connectivity index (χ3n) is 4.01. The molecule has 1 amide bonds. The first-order valence-electron chi connectivity index (χ1n) is 8.82. The molecule has 140 valence electrons. The number of guanidine groups is 1. The van der Waals surface area contributed by atoms with Crippen LogP contribution in [0.3, 0.4) is 0 Å². The Morgan fingerprint density at radius 1 is 1.40 bits per heavy atom. The summed E-state index contributed by atoms with van der Waals surface area (Å²) in [5.74, 6) is 0.612. The van der Waals surface area contributed by atoms with Gasteiger partial charge < -0.3 is 25.6 Å². The minimum Gasteiger partial charge on any atom is -0.383 e. The minimum absolute atomic E-state index is 0.0956. The molecule has 1 fully saturated rings. The summed E-state index contributed by atoms with van der Waals surface area (Å²) in [6, 6.07) is 4.65. The second-order valence-electron chi connectivity index (χ2n) is 5.89. The number of methoxy groups -OCH3 is 1. The van der Waals surface area contributed by atoms with Crippen molar-refractivity contribution in [2.45, 2.75) is 25.8 Å². The lowest BCUT2D eigenvalue weighted by atomic mass is 10.1. The van der Waals surface area contributed by atoms with E-state index in [-0.39, 0.29) is 12.5 Å². The Balaban J connectivity index is 1.77. The molecule has 0 unspecified atom stereocenters. The molecular weight excluding hydrogens is 338 g/mol. The normalized spacial score (nSPS) is 15.9. The van der Waals surface area contributed by atoms with Gasteiger partial charge in [0.2, 0.25) is 5.91 Å². The first-order chi connectivity index (χ1) is 12.2. The molecular formula is C17H29N5O2S. The fourth-order valence-electron chi connectivity index (χ4n) is 2.71. The van der Waals surface area contributed by atoms with Crippen LogP contribution in [0, 0.1) is 0 Å². The number of ether oxygens (including phenoxy) is 1. The number of hydrogen-bond donors (Lipinski definition) is 3. The Bertz CT molecular complexity index is 527. The van der Waals surface area contributed by atoms with E-state index in [0.717, 1.165) is 32.5 Å². The van der Waals surface area contributed by atoms with Crippen LogP contribution in [0.5, 0.6) is 0 Å². The number of aliphatic imine (C=N–C) groups is 1. The highest BCUT2D eigenvalue weighted by Crippen LogP contribution is 2.24. The van der Waals surface area contributed by atoms with Gasteiger partial charge >= 0.3 is 0 Å². The van der Waals surface area contributed by atoms with Gasteiger partial charge in [0.05, 0.1) is 11.6 Å². The van der Waals surface area contributed by atoms with E-state index in [1.165, 1.54) is 5.00 Å². The summed E-state index contributed by atoms with van der Waals surface area (Å²) < 4.78 is 4.91. The van der Waals surface area contributed by atoms with Gasteiger partial charge in [-0.05, 0) is 37.3 Å². The van der Waals surface area contributed by atoms with Crippen molar-refractivity contribution in [2.75, 3.05) is 51.3 Å². The number of nitrogens with one attached hydrogen (secondary N) is 3. The fraction of sp³-hybridized carbons (Fsp3) is 0.647. The van der Waals surface area contributed by atoms with Crippen molar-refractivity contribution in [2.24, 2.45) is 4.99 Å². The Morgan fingerprint density at radius 2 is 2.20 bits per heavy atom. The quantitative estimate of drug-likeness (QED) is 0.363. The largest absolute Gasteiger partial charge is 0.383 e. The zero-order chi connectivity index (χ0) is 17.9. The number of amides is 1. The monoisotopic (exact) mass is 367 g/mol. The average Bonchev–Trinajstić information content (AvgIpc) is 3.15. The molecule has 1 aromatic rings. The van der Waals surface area contributed by atoms with E-state index in [0.29, 0.717) is 25.2 Å². The van der Waals surface area contributed by atoms with Crippen LogP contribution in [-0.2, 0) is 9.53 Å². The molecule has 0 radical (unpaired) electrons. The van der Waals surface area contributed by atoms with Crippen molar-refractivity contribution in [3.8, 4) is 0 Å². The van der Waals surface area contributed by atoms with Gasteiger partial charge in [-0.15, -0.1) is 11.3 Å². The molecule has 8 heteroatoms. The van der Waals surface area contributed by atoms with Crippen molar-refractivity contribution in [3.05, 3.63) is 17.5 Å². The molecule has 1 aromatic heterocycles. The van der Waals surface area contributed by atoms with Crippen molar-refractivity contribution >= 4 is 28.2 Å². The molecule has 1 aliphatic heterocycles. The van der Waals surface area contributed by atoms with E-state index in [1.807, 2.05) is 6.92 Å². The number of piperidine rings is 1. The topological polar surface area (TPSA) is 78.0 Å². The van der Waals surface area contributed by atoms with Gasteiger partial charge in [-0.1, -0.05) is 0 Å². The maximum atomic E-state index is 11.8. The summed E-state index contributed by atoms with van der Waals surface area (Å²) in [5.41, 5.74) is 0. The van der Waals surface area contributed by atoms with Gasteiger partial charge in [-0.3, -0.25) is 4.79 Å². The summed E-state index contributed by atoms with van der Waals surface area (Å²) >= 11 is 1.79. The van der Waals surface area contributed by atoms with E-state index in [9.17, 15) is 4.79 Å². The lowest BCUT2D eigenvalue weighted by Crippen LogP contribution is -2.49. The van der Waals surface area contributed by atoms with Gasteiger partial charge in [0.15, 0.2) is 5.96 Å². The van der Waals surface area contributed by atoms with E-state index < -0.39 is 0 Å². The Hall–Kier alpha value is -1.80. The highest BCUT2D eigenvalue weighted by Gasteiger charge is 2.20. The van der Waals surface area contributed by atoms with Gasteiger partial charge in [0.1, 0.15) is 6.54 Å². The Morgan fingerprint density at radius 3 is 2.84 bits per heavy atom. The average molecular weight is 368 g/mol. The number of anilines is 1. The zero-order valence-corrected chi connectivity index (χ0v) is 15.9. The van der Waals surface area contributed by atoms with Gasteiger partial charge in [-0.2, -0.15) is 0 Å². The molecule has 0 spiro atoms. The number of carbonyl (C=O) groups excluding carboxylic acids is 1. The van der Waals surface area contributed by atoms with Crippen LogP contribution >= 0.6 is 11.3 Å². The molecule has 0 aromatic carbocycles. The highest BCUT2D eigenvalue weighted by atomic mass is 32.1. The van der Waals surface area contributed by atoms with Crippen LogP contribution in [0.15, 0.2) is 22.5 Å². The summed E-state index contributed by atoms with van der Waals surface area (Å²) in [5, 5.41) is 12.9. The molecule has 2 heterocycles. The number of rotatable bonds is 8. The van der Waals surface area contributed by atoms with Crippen molar-refractivity contribution in [3.63, 3.8) is 0 Å². The van der Waals surface area contributed by atoms with E-state index in [2.05, 4.69) is 43.4 Å². The molecule has 1 saturated heterocycles. The summed E-state index contributed by atoms with van der Waals surface area (Å²) in [7, 11) is 1.61. The summed E-state index contributed by atoms with van der Waals surface area (Å²) in [4.78, 5) is 18.6. The Kier molecular flexibility index (Phi) is 8.54. The van der Waals surface area contributed by atoms with Crippen LogP contribution < -0.4 is 20.9 Å². The molecule has 0 saturated carbocycles. The lowest BCUT2D eigenvalue weighted by molar-refractivity contribution is -0.119. The minimum atomic E-state index is -0.0956. The predicted molar refractivity (Wildman–Crippen MR) is 104 cm³/mol. The smallest absolute Gasteiger partial charge is 0.241 e. The summed E-state index contributed by atoms with van der Waals surface area (Å²) in [6.07, 6.45) is 2.12. The molecule has 25 heavy (non-hydrogen) atoms. The molecule has 0 bridgehead atoms. The molecule has 0 atom stereocenters. The SMILES string of the molecule is CCNC(=NCC(=O)NCCOC)NC1CCN(c2cccs2)CC1. The van der Waals surface area contributed by atoms with E-state index >= 15 is 0 Å². The third-order valence-corrected chi connectivity index (χ3v) is 4.94. The maximum absolute atomic E-state index is 11.8.